The summed E-state index contributed by atoms with van der Waals surface area (Å²) < 4.78 is 23.7. The molecule has 0 radical (unpaired) electrons. The van der Waals surface area contributed by atoms with Crippen molar-refractivity contribution in [1.82, 2.24) is 9.78 Å². The van der Waals surface area contributed by atoms with E-state index in [1.165, 1.54) is 13.2 Å². The van der Waals surface area contributed by atoms with Gasteiger partial charge in [0, 0.05) is 13.1 Å². The number of sulfone groups is 1. The van der Waals surface area contributed by atoms with E-state index in [9.17, 15) is 13.2 Å². The zero-order valence-corrected chi connectivity index (χ0v) is 11.5. The van der Waals surface area contributed by atoms with E-state index in [0.29, 0.717) is 18.5 Å². The number of nitrogens with zero attached hydrogens (tertiary/aromatic N) is 2. The second-order valence-electron chi connectivity index (χ2n) is 4.37. The highest BCUT2D eigenvalue weighted by Crippen LogP contribution is 2.21. The molecule has 2 rings (SSSR count). The number of aromatic nitrogens is 2. The summed E-state index contributed by atoms with van der Waals surface area (Å²) >= 11 is 5.92. The lowest BCUT2D eigenvalue weighted by molar-refractivity contribution is 0.559. The van der Waals surface area contributed by atoms with Gasteiger partial charge in [0.2, 0.25) is 0 Å². The average Bonchev–Trinajstić information content (AvgIpc) is 2.32. The largest absolute Gasteiger partial charge is 0.380 e. The molecule has 0 aromatic carbocycles. The van der Waals surface area contributed by atoms with Crippen LogP contribution < -0.4 is 10.9 Å². The van der Waals surface area contributed by atoms with Crippen LogP contribution in [0.25, 0.3) is 0 Å². The van der Waals surface area contributed by atoms with E-state index in [-0.39, 0.29) is 28.1 Å². The molecule has 1 fully saturated rings. The molecule has 1 aliphatic rings. The fourth-order valence-electron chi connectivity index (χ4n) is 1.87. The van der Waals surface area contributed by atoms with E-state index in [0.717, 1.165) is 4.68 Å². The van der Waals surface area contributed by atoms with Gasteiger partial charge in [0.05, 0.1) is 23.4 Å². The minimum atomic E-state index is -2.89. The first-order valence-electron chi connectivity index (χ1n) is 5.58. The maximum Gasteiger partial charge on any atom is 0.287 e. The predicted molar refractivity (Wildman–Crippen MR) is 69.8 cm³/mol. The molecule has 1 aromatic rings. The van der Waals surface area contributed by atoms with Crippen molar-refractivity contribution in [3.8, 4) is 0 Å². The molecule has 1 aromatic heterocycles. The van der Waals surface area contributed by atoms with Gasteiger partial charge < -0.3 is 5.32 Å². The normalized spacial score (nSPS) is 19.7. The molecule has 6 nitrogen and oxygen atoms in total. The molecular formula is C10H14ClN3O3S. The molecule has 0 unspecified atom stereocenters. The van der Waals surface area contributed by atoms with Gasteiger partial charge in [-0.15, -0.1) is 0 Å². The summed E-state index contributed by atoms with van der Waals surface area (Å²) in [6.45, 7) is 0. The van der Waals surface area contributed by atoms with Crippen molar-refractivity contribution in [2.75, 3.05) is 16.8 Å². The third-order valence-electron chi connectivity index (χ3n) is 2.99. The minimum absolute atomic E-state index is 0.0138. The SMILES string of the molecule is Cn1ncc(NC2CCS(=O)(=O)CC2)c(Cl)c1=O. The third-order valence-corrected chi connectivity index (χ3v) is 5.07. The van der Waals surface area contributed by atoms with Gasteiger partial charge in [0.1, 0.15) is 14.9 Å². The number of rotatable bonds is 2. The fourth-order valence-corrected chi connectivity index (χ4v) is 3.58. The molecule has 0 aliphatic carbocycles. The van der Waals surface area contributed by atoms with Gasteiger partial charge in [-0.25, -0.2) is 13.1 Å². The van der Waals surface area contributed by atoms with Crippen molar-refractivity contribution < 1.29 is 8.42 Å². The summed E-state index contributed by atoms with van der Waals surface area (Å²) in [5, 5.41) is 7.04. The summed E-state index contributed by atoms with van der Waals surface area (Å²) in [6.07, 6.45) is 2.52. The molecular weight excluding hydrogens is 278 g/mol. The molecule has 8 heteroatoms. The first kappa shape index (κ1) is 13.4. The van der Waals surface area contributed by atoms with Crippen LogP contribution in [0.2, 0.25) is 5.02 Å². The van der Waals surface area contributed by atoms with Crippen molar-refractivity contribution in [1.29, 1.82) is 0 Å². The molecule has 2 heterocycles. The first-order chi connectivity index (χ1) is 8.39. The molecule has 0 amide bonds. The molecule has 100 valence electrons. The first-order valence-corrected chi connectivity index (χ1v) is 7.78. The average molecular weight is 292 g/mol. The van der Waals surface area contributed by atoms with Gasteiger partial charge in [-0.2, -0.15) is 5.10 Å². The van der Waals surface area contributed by atoms with Gasteiger partial charge in [0.25, 0.3) is 5.56 Å². The van der Waals surface area contributed by atoms with Gasteiger partial charge in [0.15, 0.2) is 0 Å². The summed E-state index contributed by atoms with van der Waals surface area (Å²) in [5.74, 6) is 0.334. The zero-order valence-electron chi connectivity index (χ0n) is 9.89. The van der Waals surface area contributed by atoms with E-state index >= 15 is 0 Å². The Labute approximate surface area is 110 Å². The summed E-state index contributed by atoms with van der Waals surface area (Å²) in [7, 11) is -1.37. The highest BCUT2D eigenvalue weighted by atomic mass is 35.5. The predicted octanol–water partition coefficient (Wildman–Crippen LogP) is 0.423. The van der Waals surface area contributed by atoms with Crippen LogP contribution in [0.5, 0.6) is 0 Å². The number of aryl methyl sites for hydroxylation is 1. The van der Waals surface area contributed by atoms with Crippen LogP contribution in [0, 0.1) is 0 Å². The van der Waals surface area contributed by atoms with Crippen molar-refractivity contribution in [3.63, 3.8) is 0 Å². The minimum Gasteiger partial charge on any atom is -0.380 e. The van der Waals surface area contributed by atoms with Crippen LogP contribution >= 0.6 is 11.6 Å². The van der Waals surface area contributed by atoms with Crippen molar-refractivity contribution in [2.24, 2.45) is 7.05 Å². The van der Waals surface area contributed by atoms with E-state index in [2.05, 4.69) is 10.4 Å². The fraction of sp³-hybridized carbons (Fsp3) is 0.600. The molecule has 0 spiro atoms. The van der Waals surface area contributed by atoms with Crippen LogP contribution in [-0.4, -0.2) is 35.7 Å². The number of hydrogen-bond acceptors (Lipinski definition) is 5. The smallest absolute Gasteiger partial charge is 0.287 e. The Morgan fingerprint density at radius 2 is 2.06 bits per heavy atom. The molecule has 1 N–H and O–H groups in total. The monoisotopic (exact) mass is 291 g/mol. The Bertz CT molecular complexity index is 597. The van der Waals surface area contributed by atoms with E-state index < -0.39 is 9.84 Å². The summed E-state index contributed by atoms with van der Waals surface area (Å²) in [6, 6.07) is 0.0138. The van der Waals surface area contributed by atoms with Gasteiger partial charge >= 0.3 is 0 Å². The standard InChI is InChI=1S/C10H14ClN3O3S/c1-14-10(15)9(11)8(6-12-14)13-7-2-4-18(16,17)5-3-7/h6-7,13H,2-5H2,1H3. The maximum atomic E-state index is 11.6. The Balaban J connectivity index is 2.12. The quantitative estimate of drug-likeness (QED) is 0.854. The summed E-state index contributed by atoms with van der Waals surface area (Å²) in [5.41, 5.74) is 0.0918. The zero-order chi connectivity index (χ0) is 13.3. The van der Waals surface area contributed by atoms with E-state index in [1.54, 1.807) is 0 Å². The Kier molecular flexibility index (Phi) is 3.63. The maximum absolute atomic E-state index is 11.6. The molecule has 0 atom stereocenters. The second-order valence-corrected chi connectivity index (χ2v) is 7.05. The van der Waals surface area contributed by atoms with Crippen molar-refractivity contribution in [3.05, 3.63) is 21.6 Å². The lowest BCUT2D eigenvalue weighted by Crippen LogP contribution is -2.33. The van der Waals surface area contributed by atoms with E-state index in [4.69, 9.17) is 11.6 Å². The number of nitrogens with one attached hydrogen (secondary N) is 1. The van der Waals surface area contributed by atoms with Crippen LogP contribution in [0.4, 0.5) is 5.69 Å². The topological polar surface area (TPSA) is 81.1 Å². The van der Waals surface area contributed by atoms with Crippen LogP contribution in [0.15, 0.2) is 11.0 Å². The van der Waals surface area contributed by atoms with Crippen molar-refractivity contribution >= 4 is 27.1 Å². The molecule has 1 aliphatic heterocycles. The number of hydrogen-bond donors (Lipinski definition) is 1. The molecule has 0 bridgehead atoms. The second kappa shape index (κ2) is 4.89. The van der Waals surface area contributed by atoms with Crippen molar-refractivity contribution in [2.45, 2.75) is 18.9 Å². The third kappa shape index (κ3) is 2.84. The Morgan fingerprint density at radius 1 is 1.44 bits per heavy atom. The number of anilines is 1. The summed E-state index contributed by atoms with van der Waals surface area (Å²) in [4.78, 5) is 11.6. The Morgan fingerprint density at radius 3 is 2.67 bits per heavy atom. The molecule has 1 saturated heterocycles. The van der Waals surface area contributed by atoms with Crippen LogP contribution in [0.1, 0.15) is 12.8 Å². The highest BCUT2D eigenvalue weighted by Gasteiger charge is 2.24. The lowest BCUT2D eigenvalue weighted by Gasteiger charge is -2.24. The van der Waals surface area contributed by atoms with Crippen LogP contribution in [-0.2, 0) is 16.9 Å². The van der Waals surface area contributed by atoms with Gasteiger partial charge in [-0.3, -0.25) is 4.79 Å². The van der Waals surface area contributed by atoms with Crippen LogP contribution in [0.3, 0.4) is 0 Å². The highest BCUT2D eigenvalue weighted by molar-refractivity contribution is 7.91. The Hall–Kier alpha value is -1.08. The van der Waals surface area contributed by atoms with Gasteiger partial charge in [-0.05, 0) is 12.8 Å². The lowest BCUT2D eigenvalue weighted by atomic mass is 10.1. The van der Waals surface area contributed by atoms with E-state index in [1.807, 2.05) is 0 Å². The molecule has 18 heavy (non-hydrogen) atoms. The number of halogens is 1. The molecule has 0 saturated carbocycles. The van der Waals surface area contributed by atoms with Gasteiger partial charge in [-0.1, -0.05) is 11.6 Å².